The van der Waals surface area contributed by atoms with Crippen LogP contribution in [0.1, 0.15) is 56.2 Å². The highest BCUT2D eigenvalue weighted by Crippen LogP contribution is 2.42. The highest BCUT2D eigenvalue weighted by Gasteiger charge is 2.28. The lowest BCUT2D eigenvalue weighted by Crippen LogP contribution is -2.10. The van der Waals surface area contributed by atoms with Gasteiger partial charge >= 0.3 is 0 Å². The largest absolute Gasteiger partial charge is 0.442 e. The second-order valence-electron chi connectivity index (χ2n) is 6.83. The van der Waals surface area contributed by atoms with Gasteiger partial charge in [-0.1, -0.05) is 13.0 Å². The topological polar surface area (TPSA) is 112 Å². The minimum atomic E-state index is 0. The van der Waals surface area contributed by atoms with E-state index in [-0.39, 0.29) is 14.6 Å². The van der Waals surface area contributed by atoms with Gasteiger partial charge < -0.3 is 15.5 Å². The van der Waals surface area contributed by atoms with Crippen LogP contribution in [0, 0.1) is 16.7 Å². The van der Waals surface area contributed by atoms with Crippen LogP contribution in [0.2, 0.25) is 0 Å². The van der Waals surface area contributed by atoms with Crippen molar-refractivity contribution in [3.63, 3.8) is 0 Å². The van der Waals surface area contributed by atoms with E-state index < -0.39 is 0 Å². The monoisotopic (exact) mass is 361 g/mol. The molecular weight excluding hydrogens is 338 g/mol. The van der Waals surface area contributed by atoms with Gasteiger partial charge in [0.2, 0.25) is 0 Å². The molecule has 0 amide bonds. The number of nitriles is 1. The fraction of sp³-hybridized carbons (Fsp3) is 0.190. The molecule has 0 spiro atoms. The first-order valence-corrected chi connectivity index (χ1v) is 8.74. The van der Waals surface area contributed by atoms with Gasteiger partial charge in [-0.25, -0.2) is 4.98 Å². The number of nitrogens with zero attached hydrogens (tertiary/aromatic N) is 2. The van der Waals surface area contributed by atoms with Gasteiger partial charge in [-0.05, 0) is 53.8 Å². The number of hydrogen-bond acceptors (Lipinski definition) is 6. The summed E-state index contributed by atoms with van der Waals surface area (Å²) in [4.78, 5) is 3.86. The Hall–Kier alpha value is -3.59. The Morgan fingerprint density at radius 1 is 1.33 bits per heavy atom. The van der Waals surface area contributed by atoms with Crippen molar-refractivity contribution in [1.82, 2.24) is 4.98 Å². The van der Waals surface area contributed by atoms with E-state index in [2.05, 4.69) is 23.3 Å². The number of rotatable bonds is 4. The Balaban J connectivity index is 0.00000150. The van der Waals surface area contributed by atoms with Crippen molar-refractivity contribution in [2.24, 2.45) is 0 Å². The van der Waals surface area contributed by atoms with E-state index in [1.807, 2.05) is 30.3 Å². The van der Waals surface area contributed by atoms with E-state index in [0.717, 1.165) is 12.1 Å². The maximum absolute atomic E-state index is 9.13. The zero-order valence-electron chi connectivity index (χ0n) is 14.9. The van der Waals surface area contributed by atoms with Gasteiger partial charge in [0.15, 0.2) is 12.2 Å². The van der Waals surface area contributed by atoms with Crippen LogP contribution in [0.15, 0.2) is 53.4 Å². The Labute approximate surface area is 160 Å². The lowest BCUT2D eigenvalue weighted by atomic mass is 10.0. The number of nitrogens with two attached hydrogens (primary N) is 1. The summed E-state index contributed by atoms with van der Waals surface area (Å²) in [7, 11) is 0. The molecule has 0 saturated carbocycles. The van der Waals surface area contributed by atoms with E-state index in [0.29, 0.717) is 28.5 Å². The average molecular weight is 361 g/mol. The van der Waals surface area contributed by atoms with E-state index in [4.69, 9.17) is 20.8 Å². The number of nitrogen functional groups attached to an aromatic ring is 1. The highest BCUT2D eigenvalue weighted by atomic mass is 16.3. The zero-order chi connectivity index (χ0) is 19.0. The summed E-state index contributed by atoms with van der Waals surface area (Å²) >= 11 is 0. The summed E-state index contributed by atoms with van der Waals surface area (Å²) in [5, 5.41) is 21.0. The van der Waals surface area contributed by atoms with Gasteiger partial charge in [-0.15, -0.1) is 0 Å². The van der Waals surface area contributed by atoms with Crippen molar-refractivity contribution >= 4 is 17.1 Å². The molecule has 138 valence electrons. The van der Waals surface area contributed by atoms with Gasteiger partial charge in [0.25, 0.3) is 0 Å². The summed E-state index contributed by atoms with van der Waals surface area (Å²) in [5.41, 5.74) is 11.4. The lowest BCUT2D eigenvalue weighted by molar-refractivity contribution is 0.548. The normalized spacial score (nSPS) is 17.9. The summed E-state index contributed by atoms with van der Waals surface area (Å²) in [6.45, 7) is 2.18. The standard InChI is InChI=1S/C21H19N5O.2H2/c1-12-6-19(15-4-2-13(9-22)7-16(12)15)26-14-3-5-18(23)17(8-14)21(24)20-10-25-11-27-20;;/h2-5,7-8,10-12,19,24,26H,6,23H2,1H3;2*1H/t12-,19-;;/m1../s1. The van der Waals surface area contributed by atoms with Crippen LogP contribution in [0.25, 0.3) is 0 Å². The van der Waals surface area contributed by atoms with Crippen LogP contribution in [-0.2, 0) is 0 Å². The number of benzene rings is 2. The van der Waals surface area contributed by atoms with Crippen LogP contribution in [0.3, 0.4) is 0 Å². The first-order chi connectivity index (χ1) is 13.1. The molecule has 0 bridgehead atoms. The maximum Gasteiger partial charge on any atom is 0.181 e. The van der Waals surface area contributed by atoms with E-state index >= 15 is 0 Å². The summed E-state index contributed by atoms with van der Waals surface area (Å²) < 4.78 is 5.22. The summed E-state index contributed by atoms with van der Waals surface area (Å²) in [6, 6.07) is 13.8. The Morgan fingerprint density at radius 3 is 2.93 bits per heavy atom. The molecule has 2 atom stereocenters. The summed E-state index contributed by atoms with van der Waals surface area (Å²) in [5.74, 6) is 0.759. The molecule has 2 aromatic carbocycles. The van der Waals surface area contributed by atoms with Gasteiger partial charge in [-0.3, -0.25) is 5.41 Å². The number of hydrogen-bond donors (Lipinski definition) is 3. The molecule has 1 aliphatic carbocycles. The maximum atomic E-state index is 9.13. The Bertz CT molecular complexity index is 1060. The third-order valence-electron chi connectivity index (χ3n) is 5.05. The smallest absolute Gasteiger partial charge is 0.181 e. The molecule has 0 radical (unpaired) electrons. The van der Waals surface area contributed by atoms with E-state index in [9.17, 15) is 0 Å². The SMILES string of the molecule is C[C@@H]1C[C@@H](Nc2ccc(N)c(C(=N)c3cnco3)c2)c2ccc(C#N)cc21.[HH].[HH]. The fourth-order valence-electron chi connectivity index (χ4n) is 3.67. The van der Waals surface area contributed by atoms with E-state index in [1.54, 1.807) is 6.07 Å². The van der Waals surface area contributed by atoms with Gasteiger partial charge in [0.05, 0.1) is 23.9 Å². The van der Waals surface area contributed by atoms with Crippen molar-refractivity contribution in [1.29, 1.82) is 10.7 Å². The molecule has 0 saturated heterocycles. The Morgan fingerprint density at radius 2 is 2.19 bits per heavy atom. The van der Waals surface area contributed by atoms with Gasteiger partial charge in [-0.2, -0.15) is 5.26 Å². The molecule has 4 N–H and O–H groups in total. The molecule has 1 aliphatic rings. The minimum absolute atomic E-state index is 0. The molecule has 0 aliphatic heterocycles. The van der Waals surface area contributed by atoms with Crippen molar-refractivity contribution < 1.29 is 7.27 Å². The second-order valence-corrected chi connectivity index (χ2v) is 6.83. The number of anilines is 2. The molecule has 3 aromatic rings. The molecule has 6 nitrogen and oxygen atoms in total. The number of oxazole rings is 1. The first kappa shape index (κ1) is 16.9. The van der Waals surface area contributed by atoms with Crippen molar-refractivity contribution in [2.45, 2.75) is 25.3 Å². The quantitative estimate of drug-likeness (QED) is 0.461. The molecule has 0 unspecified atom stereocenters. The molecule has 27 heavy (non-hydrogen) atoms. The molecule has 4 rings (SSSR count). The van der Waals surface area contributed by atoms with Gasteiger partial charge in [0.1, 0.15) is 5.71 Å². The van der Waals surface area contributed by atoms with Crippen molar-refractivity contribution in [3.05, 3.63) is 77.0 Å². The summed E-state index contributed by atoms with van der Waals surface area (Å²) in [6.07, 6.45) is 3.75. The van der Waals surface area contributed by atoms with Crippen LogP contribution in [0.5, 0.6) is 0 Å². The number of aromatic nitrogens is 1. The van der Waals surface area contributed by atoms with Crippen LogP contribution < -0.4 is 11.1 Å². The first-order valence-electron chi connectivity index (χ1n) is 8.74. The molecule has 1 heterocycles. The lowest BCUT2D eigenvalue weighted by Gasteiger charge is -2.17. The average Bonchev–Trinajstić information content (AvgIpc) is 3.31. The van der Waals surface area contributed by atoms with Crippen LogP contribution >= 0.6 is 0 Å². The third kappa shape index (κ3) is 3.04. The predicted molar refractivity (Wildman–Crippen MR) is 108 cm³/mol. The van der Waals surface area contributed by atoms with Crippen molar-refractivity contribution in [3.8, 4) is 6.07 Å². The zero-order valence-corrected chi connectivity index (χ0v) is 14.9. The van der Waals surface area contributed by atoms with Crippen LogP contribution in [-0.4, -0.2) is 10.7 Å². The predicted octanol–water partition coefficient (Wildman–Crippen LogP) is 4.70. The van der Waals surface area contributed by atoms with Gasteiger partial charge in [0, 0.05) is 19.8 Å². The molecule has 6 heteroatoms. The second kappa shape index (κ2) is 6.61. The highest BCUT2D eigenvalue weighted by molar-refractivity contribution is 6.12. The third-order valence-corrected chi connectivity index (χ3v) is 5.05. The molecule has 0 fully saturated rings. The molecular formula is C21H23N5O. The number of fused-ring (bicyclic) bond motifs is 1. The number of nitrogens with one attached hydrogen (secondary N) is 2. The molecule has 1 aromatic heterocycles. The Kier molecular flexibility index (Phi) is 4.13. The van der Waals surface area contributed by atoms with Crippen LogP contribution in [0.4, 0.5) is 11.4 Å². The van der Waals surface area contributed by atoms with E-state index in [1.165, 1.54) is 23.7 Å². The van der Waals surface area contributed by atoms with Crippen molar-refractivity contribution in [2.75, 3.05) is 11.1 Å². The fourth-order valence-corrected chi connectivity index (χ4v) is 3.67. The minimum Gasteiger partial charge on any atom is -0.442 e.